The van der Waals surface area contributed by atoms with E-state index >= 15 is 0 Å². The summed E-state index contributed by atoms with van der Waals surface area (Å²) in [6, 6.07) is 17.6. The van der Waals surface area contributed by atoms with Crippen molar-refractivity contribution in [1.82, 2.24) is 0 Å². The van der Waals surface area contributed by atoms with E-state index in [0.29, 0.717) is 5.92 Å². The molecule has 2 aliphatic rings. The van der Waals surface area contributed by atoms with Crippen LogP contribution in [0, 0.1) is 5.92 Å². The molecule has 2 aromatic rings. The number of hydrogen-bond donors (Lipinski definition) is 1. The van der Waals surface area contributed by atoms with Crippen LogP contribution in [-0.2, 0) is 12.8 Å². The second-order valence-electron chi connectivity index (χ2n) is 5.93. The Kier molecular flexibility index (Phi) is 2.87. The number of nitrogens with zero attached hydrogens (tertiary/aromatic N) is 1. The van der Waals surface area contributed by atoms with Crippen LogP contribution in [-0.4, -0.2) is 19.6 Å². The number of nitrogens with one attached hydrogen (secondary N) is 1. The summed E-state index contributed by atoms with van der Waals surface area (Å²) in [6.45, 7) is 3.44. The lowest BCUT2D eigenvalue weighted by Crippen LogP contribution is -2.35. The molecule has 0 aliphatic carbocycles. The van der Waals surface area contributed by atoms with Crippen LogP contribution in [0.4, 0.5) is 11.4 Å². The molecule has 4 rings (SSSR count). The first-order chi connectivity index (χ1) is 9.90. The molecule has 1 N–H and O–H groups in total. The van der Waals surface area contributed by atoms with Gasteiger partial charge >= 0.3 is 0 Å². The largest absolute Gasteiger partial charge is 0.384 e. The van der Waals surface area contributed by atoms with Gasteiger partial charge in [-0.05, 0) is 42.0 Å². The van der Waals surface area contributed by atoms with Crippen molar-refractivity contribution in [1.29, 1.82) is 0 Å². The van der Waals surface area contributed by atoms with Crippen LogP contribution in [0.5, 0.6) is 0 Å². The van der Waals surface area contributed by atoms with Crippen molar-refractivity contribution < 1.29 is 0 Å². The van der Waals surface area contributed by atoms with E-state index in [1.54, 1.807) is 0 Å². The molecule has 0 amide bonds. The molecule has 1 unspecified atom stereocenters. The maximum Gasteiger partial charge on any atom is 0.0399 e. The van der Waals surface area contributed by atoms with Gasteiger partial charge in [0, 0.05) is 31.0 Å². The van der Waals surface area contributed by atoms with Crippen molar-refractivity contribution in [2.45, 2.75) is 12.8 Å². The van der Waals surface area contributed by atoms with Crippen molar-refractivity contribution in [3.8, 4) is 0 Å². The first-order valence-electron chi connectivity index (χ1n) is 7.55. The van der Waals surface area contributed by atoms with Crippen LogP contribution < -0.4 is 10.2 Å². The normalized spacial score (nSPS) is 20.2. The lowest BCUT2D eigenvalue weighted by Gasteiger charge is -2.30. The molecule has 2 aliphatic heterocycles. The molecule has 0 spiro atoms. The third-order valence-electron chi connectivity index (χ3n) is 4.57. The number of rotatable bonds is 2. The lowest BCUT2D eigenvalue weighted by molar-refractivity contribution is 0.528. The van der Waals surface area contributed by atoms with E-state index in [2.05, 4.69) is 58.7 Å². The minimum Gasteiger partial charge on any atom is -0.384 e. The molecule has 102 valence electrons. The Labute approximate surface area is 120 Å². The van der Waals surface area contributed by atoms with Crippen molar-refractivity contribution in [2.75, 3.05) is 29.9 Å². The SMILES string of the molecule is c1ccc2c(c1)CC(CN1CCc3ccccc31)CN2. The molecule has 0 aromatic heterocycles. The maximum absolute atomic E-state index is 3.58. The quantitative estimate of drug-likeness (QED) is 0.895. The second-order valence-corrected chi connectivity index (χ2v) is 5.93. The molecule has 2 nitrogen and oxygen atoms in total. The van der Waals surface area contributed by atoms with E-state index in [1.165, 1.54) is 48.4 Å². The lowest BCUT2D eigenvalue weighted by atomic mass is 9.93. The van der Waals surface area contributed by atoms with E-state index in [4.69, 9.17) is 0 Å². The molecule has 0 saturated heterocycles. The Morgan fingerprint density at radius 3 is 2.75 bits per heavy atom. The molecular weight excluding hydrogens is 244 g/mol. The van der Waals surface area contributed by atoms with Crippen molar-refractivity contribution >= 4 is 11.4 Å². The van der Waals surface area contributed by atoms with Crippen molar-refractivity contribution in [3.63, 3.8) is 0 Å². The zero-order valence-electron chi connectivity index (χ0n) is 11.7. The first-order valence-corrected chi connectivity index (χ1v) is 7.55. The highest BCUT2D eigenvalue weighted by atomic mass is 15.2. The van der Waals surface area contributed by atoms with Gasteiger partial charge in [0.25, 0.3) is 0 Å². The van der Waals surface area contributed by atoms with Crippen LogP contribution in [0.15, 0.2) is 48.5 Å². The molecule has 2 heterocycles. The zero-order valence-corrected chi connectivity index (χ0v) is 11.7. The zero-order chi connectivity index (χ0) is 13.4. The van der Waals surface area contributed by atoms with Gasteiger partial charge in [0.2, 0.25) is 0 Å². The fourth-order valence-electron chi connectivity index (χ4n) is 3.55. The Balaban J connectivity index is 1.49. The highest BCUT2D eigenvalue weighted by molar-refractivity contribution is 5.58. The highest BCUT2D eigenvalue weighted by Crippen LogP contribution is 2.30. The second kappa shape index (κ2) is 4.86. The van der Waals surface area contributed by atoms with E-state index in [0.717, 1.165) is 6.54 Å². The van der Waals surface area contributed by atoms with E-state index < -0.39 is 0 Å². The van der Waals surface area contributed by atoms with Crippen LogP contribution in [0.3, 0.4) is 0 Å². The first kappa shape index (κ1) is 11.8. The summed E-state index contributed by atoms with van der Waals surface area (Å²) in [4.78, 5) is 2.57. The standard InChI is InChI=1S/C18H20N2/c1-3-7-17-16(6-1)11-14(12-19-17)13-20-10-9-15-5-2-4-8-18(15)20/h1-8,14,19H,9-13H2. The topological polar surface area (TPSA) is 15.3 Å². The predicted octanol–water partition coefficient (Wildman–Crippen LogP) is 3.33. The van der Waals surface area contributed by atoms with Gasteiger partial charge in [0.1, 0.15) is 0 Å². The summed E-state index contributed by atoms with van der Waals surface area (Å²) in [5.41, 5.74) is 5.75. The van der Waals surface area contributed by atoms with Gasteiger partial charge in [0.05, 0.1) is 0 Å². The third kappa shape index (κ3) is 2.05. The minimum atomic E-state index is 0.705. The van der Waals surface area contributed by atoms with Gasteiger partial charge in [0.15, 0.2) is 0 Å². The van der Waals surface area contributed by atoms with Crippen LogP contribution in [0.25, 0.3) is 0 Å². The molecule has 2 aromatic carbocycles. The van der Waals surface area contributed by atoms with Gasteiger partial charge < -0.3 is 10.2 Å². The number of hydrogen-bond acceptors (Lipinski definition) is 2. The Morgan fingerprint density at radius 2 is 1.80 bits per heavy atom. The van der Waals surface area contributed by atoms with Gasteiger partial charge in [-0.2, -0.15) is 0 Å². The van der Waals surface area contributed by atoms with E-state index in [-0.39, 0.29) is 0 Å². The number of para-hydroxylation sites is 2. The van der Waals surface area contributed by atoms with Gasteiger partial charge in [-0.1, -0.05) is 36.4 Å². The Hall–Kier alpha value is -1.96. The molecule has 0 bridgehead atoms. The van der Waals surface area contributed by atoms with E-state index in [9.17, 15) is 0 Å². The monoisotopic (exact) mass is 264 g/mol. The third-order valence-corrected chi connectivity index (χ3v) is 4.57. The molecule has 0 radical (unpaired) electrons. The Morgan fingerprint density at radius 1 is 1.00 bits per heavy atom. The number of benzene rings is 2. The van der Waals surface area contributed by atoms with Gasteiger partial charge in [-0.25, -0.2) is 0 Å². The van der Waals surface area contributed by atoms with E-state index in [1.807, 2.05) is 0 Å². The fraction of sp³-hybridized carbons (Fsp3) is 0.333. The van der Waals surface area contributed by atoms with Crippen LogP contribution in [0.2, 0.25) is 0 Å². The van der Waals surface area contributed by atoms with Gasteiger partial charge in [-0.15, -0.1) is 0 Å². The molecular formula is C18H20N2. The molecule has 1 atom stereocenters. The van der Waals surface area contributed by atoms with Crippen molar-refractivity contribution in [3.05, 3.63) is 59.7 Å². The number of fused-ring (bicyclic) bond motifs is 2. The summed E-state index contributed by atoms with van der Waals surface area (Å²) in [7, 11) is 0. The summed E-state index contributed by atoms with van der Waals surface area (Å²) in [5.74, 6) is 0.705. The summed E-state index contributed by atoms with van der Waals surface area (Å²) in [6.07, 6.45) is 2.40. The summed E-state index contributed by atoms with van der Waals surface area (Å²) >= 11 is 0. The highest BCUT2D eigenvalue weighted by Gasteiger charge is 2.24. The Bertz CT molecular complexity index is 620. The average Bonchev–Trinajstić information content (AvgIpc) is 2.91. The number of anilines is 2. The van der Waals surface area contributed by atoms with Crippen LogP contribution in [0.1, 0.15) is 11.1 Å². The average molecular weight is 264 g/mol. The van der Waals surface area contributed by atoms with Gasteiger partial charge in [-0.3, -0.25) is 0 Å². The maximum atomic E-state index is 3.58. The predicted molar refractivity (Wildman–Crippen MR) is 84.5 cm³/mol. The summed E-state index contributed by atoms with van der Waals surface area (Å²) in [5, 5.41) is 3.58. The fourth-order valence-corrected chi connectivity index (χ4v) is 3.55. The summed E-state index contributed by atoms with van der Waals surface area (Å²) < 4.78 is 0. The van der Waals surface area contributed by atoms with Crippen LogP contribution >= 0.6 is 0 Å². The molecule has 2 heteroatoms. The molecule has 0 fully saturated rings. The van der Waals surface area contributed by atoms with Crippen molar-refractivity contribution in [2.24, 2.45) is 5.92 Å². The molecule has 0 saturated carbocycles. The minimum absolute atomic E-state index is 0.705. The smallest absolute Gasteiger partial charge is 0.0399 e. The molecule has 20 heavy (non-hydrogen) atoms.